The van der Waals surface area contributed by atoms with Gasteiger partial charge in [0.05, 0.1) is 10.6 Å². The summed E-state index contributed by atoms with van der Waals surface area (Å²) in [6.07, 6.45) is 1.11. The van der Waals surface area contributed by atoms with Gasteiger partial charge in [-0.25, -0.2) is 4.39 Å². The molecule has 7 heteroatoms. The molecule has 0 aliphatic carbocycles. The summed E-state index contributed by atoms with van der Waals surface area (Å²) < 4.78 is 14.1. The van der Waals surface area contributed by atoms with Crippen LogP contribution in [-0.2, 0) is 0 Å². The fraction of sp³-hybridized carbons (Fsp3) is 0. The predicted molar refractivity (Wildman–Crippen MR) is 73.9 cm³/mol. The molecule has 2 rings (SSSR count). The second-order valence-corrected chi connectivity index (χ2v) is 4.75. The molecular weight excluding hydrogens is 331 g/mol. The minimum Gasteiger partial charge on any atom is -0.872 e. The highest BCUT2D eigenvalue weighted by atomic mass is 79.9. The maximum absolute atomic E-state index is 13.5. The standard InChI is InChI=1S/C13H8BrFN2O3/c14-9-1-3-12(11(15)6-9)16-7-8-5-10(17(19)20)2-4-13(8)18/h1-7,18H/p-1. The van der Waals surface area contributed by atoms with E-state index in [2.05, 4.69) is 20.9 Å². The van der Waals surface area contributed by atoms with Gasteiger partial charge in [-0.2, -0.15) is 0 Å². The van der Waals surface area contributed by atoms with Crippen molar-refractivity contribution in [3.8, 4) is 5.75 Å². The van der Waals surface area contributed by atoms with Crippen LogP contribution in [0.5, 0.6) is 5.75 Å². The summed E-state index contributed by atoms with van der Waals surface area (Å²) >= 11 is 3.11. The summed E-state index contributed by atoms with van der Waals surface area (Å²) in [6.45, 7) is 0. The topological polar surface area (TPSA) is 78.6 Å². The summed E-state index contributed by atoms with van der Waals surface area (Å²) in [5.41, 5.74) is -0.150. The van der Waals surface area contributed by atoms with E-state index in [-0.39, 0.29) is 16.9 Å². The molecule has 0 spiro atoms. The van der Waals surface area contributed by atoms with Crippen molar-refractivity contribution >= 4 is 33.5 Å². The average molecular weight is 338 g/mol. The third kappa shape index (κ3) is 3.18. The third-order valence-corrected chi connectivity index (χ3v) is 2.95. The van der Waals surface area contributed by atoms with Crippen LogP contribution in [-0.4, -0.2) is 11.1 Å². The Morgan fingerprint density at radius 3 is 2.65 bits per heavy atom. The zero-order chi connectivity index (χ0) is 14.7. The second-order valence-electron chi connectivity index (χ2n) is 3.83. The molecule has 0 aliphatic rings. The van der Waals surface area contributed by atoms with Crippen LogP contribution in [0.1, 0.15) is 5.56 Å². The van der Waals surface area contributed by atoms with Crippen LogP contribution in [0.2, 0.25) is 0 Å². The van der Waals surface area contributed by atoms with Crippen molar-refractivity contribution in [2.45, 2.75) is 0 Å². The first-order chi connectivity index (χ1) is 9.47. The summed E-state index contributed by atoms with van der Waals surface area (Å²) in [4.78, 5) is 13.8. The fourth-order valence-corrected chi connectivity index (χ4v) is 1.81. The van der Waals surface area contributed by atoms with Crippen molar-refractivity contribution in [2.75, 3.05) is 0 Å². The summed E-state index contributed by atoms with van der Waals surface area (Å²) in [6, 6.07) is 7.55. The number of hydrogen-bond acceptors (Lipinski definition) is 4. The Balaban J connectivity index is 2.35. The van der Waals surface area contributed by atoms with E-state index in [9.17, 15) is 19.6 Å². The van der Waals surface area contributed by atoms with Gasteiger partial charge in [-0.15, -0.1) is 0 Å². The van der Waals surface area contributed by atoms with E-state index in [1.165, 1.54) is 12.1 Å². The number of nitrogens with zero attached hydrogens (tertiary/aromatic N) is 2. The lowest BCUT2D eigenvalue weighted by atomic mass is 10.2. The van der Waals surface area contributed by atoms with Crippen LogP contribution in [0.4, 0.5) is 15.8 Å². The second kappa shape index (κ2) is 5.79. The van der Waals surface area contributed by atoms with E-state index in [1.54, 1.807) is 6.07 Å². The molecule has 2 aromatic carbocycles. The molecule has 0 fully saturated rings. The Morgan fingerprint density at radius 2 is 2.00 bits per heavy atom. The van der Waals surface area contributed by atoms with Crippen molar-refractivity contribution < 1.29 is 14.4 Å². The Morgan fingerprint density at radius 1 is 1.25 bits per heavy atom. The maximum Gasteiger partial charge on any atom is 0.270 e. The molecule has 2 aromatic rings. The Labute approximate surface area is 121 Å². The number of aliphatic imine (C=N–C) groups is 1. The van der Waals surface area contributed by atoms with E-state index in [4.69, 9.17) is 0 Å². The van der Waals surface area contributed by atoms with Gasteiger partial charge in [0.15, 0.2) is 0 Å². The predicted octanol–water partition coefficient (Wildman–Crippen LogP) is 3.32. The summed E-state index contributed by atoms with van der Waals surface area (Å²) in [5, 5.41) is 22.2. The van der Waals surface area contributed by atoms with Gasteiger partial charge < -0.3 is 5.11 Å². The van der Waals surface area contributed by atoms with Gasteiger partial charge in [-0.3, -0.25) is 15.1 Å². The van der Waals surface area contributed by atoms with Crippen LogP contribution in [0.3, 0.4) is 0 Å². The lowest BCUT2D eigenvalue weighted by Gasteiger charge is -2.08. The van der Waals surface area contributed by atoms with Crippen LogP contribution >= 0.6 is 15.9 Å². The van der Waals surface area contributed by atoms with Gasteiger partial charge in [0.2, 0.25) is 0 Å². The Hall–Kier alpha value is -2.28. The average Bonchev–Trinajstić information content (AvgIpc) is 2.39. The molecule has 0 unspecified atom stereocenters. The molecule has 0 atom stereocenters. The number of halogens is 2. The van der Waals surface area contributed by atoms with Crippen molar-refractivity contribution in [1.29, 1.82) is 0 Å². The Bertz CT molecular complexity index is 704. The third-order valence-electron chi connectivity index (χ3n) is 2.46. The molecule has 20 heavy (non-hydrogen) atoms. The van der Waals surface area contributed by atoms with E-state index in [0.717, 1.165) is 24.4 Å². The molecule has 0 aliphatic heterocycles. The zero-order valence-electron chi connectivity index (χ0n) is 9.92. The minimum atomic E-state index is -0.614. The molecule has 0 radical (unpaired) electrons. The van der Waals surface area contributed by atoms with Crippen molar-refractivity contribution in [3.05, 3.63) is 62.4 Å². The lowest BCUT2D eigenvalue weighted by Crippen LogP contribution is -1.98. The summed E-state index contributed by atoms with van der Waals surface area (Å²) in [5.74, 6) is -0.981. The summed E-state index contributed by atoms with van der Waals surface area (Å²) in [7, 11) is 0. The van der Waals surface area contributed by atoms with Gasteiger partial charge in [0.25, 0.3) is 5.69 Å². The first-order valence-corrected chi connectivity index (χ1v) is 6.21. The van der Waals surface area contributed by atoms with Crippen LogP contribution in [0, 0.1) is 15.9 Å². The molecule has 0 N–H and O–H groups in total. The maximum atomic E-state index is 13.5. The zero-order valence-corrected chi connectivity index (χ0v) is 11.5. The molecule has 0 saturated carbocycles. The number of benzene rings is 2. The monoisotopic (exact) mass is 337 g/mol. The van der Waals surface area contributed by atoms with E-state index < -0.39 is 16.5 Å². The molecule has 102 valence electrons. The van der Waals surface area contributed by atoms with Gasteiger partial charge in [-0.1, -0.05) is 27.7 Å². The molecule has 5 nitrogen and oxygen atoms in total. The fourth-order valence-electron chi connectivity index (χ4n) is 1.48. The van der Waals surface area contributed by atoms with E-state index in [1.807, 2.05) is 0 Å². The molecule has 0 aromatic heterocycles. The largest absolute Gasteiger partial charge is 0.872 e. The van der Waals surface area contributed by atoms with Crippen molar-refractivity contribution in [1.82, 2.24) is 0 Å². The number of non-ortho nitro benzene ring substituents is 1. The van der Waals surface area contributed by atoms with Gasteiger partial charge >= 0.3 is 0 Å². The van der Waals surface area contributed by atoms with Crippen LogP contribution < -0.4 is 5.11 Å². The quantitative estimate of drug-likeness (QED) is 0.489. The molecule has 0 heterocycles. The smallest absolute Gasteiger partial charge is 0.270 e. The number of nitro groups is 1. The minimum absolute atomic E-state index is 0.0292. The van der Waals surface area contributed by atoms with Crippen molar-refractivity contribution in [3.63, 3.8) is 0 Å². The van der Waals surface area contributed by atoms with E-state index in [0.29, 0.717) is 4.47 Å². The normalized spacial score (nSPS) is 10.9. The number of nitro benzene ring substituents is 1. The highest BCUT2D eigenvalue weighted by Gasteiger charge is 2.06. The molecule has 0 saturated heterocycles. The number of rotatable bonds is 3. The molecule has 0 bridgehead atoms. The first kappa shape index (κ1) is 14.1. The highest BCUT2D eigenvalue weighted by molar-refractivity contribution is 9.10. The van der Waals surface area contributed by atoms with Crippen LogP contribution in [0.25, 0.3) is 0 Å². The van der Waals surface area contributed by atoms with Gasteiger partial charge in [0.1, 0.15) is 5.82 Å². The van der Waals surface area contributed by atoms with Crippen molar-refractivity contribution in [2.24, 2.45) is 4.99 Å². The van der Waals surface area contributed by atoms with Gasteiger partial charge in [0, 0.05) is 22.8 Å². The van der Waals surface area contributed by atoms with Gasteiger partial charge in [-0.05, 0) is 23.8 Å². The molecule has 0 amide bonds. The SMILES string of the molecule is O=[N+]([O-])c1ccc([O-])c(C=Nc2ccc(Br)cc2F)c1. The van der Waals surface area contributed by atoms with Crippen LogP contribution in [0.15, 0.2) is 45.9 Å². The highest BCUT2D eigenvalue weighted by Crippen LogP contribution is 2.23. The number of hydrogen-bond donors (Lipinski definition) is 0. The first-order valence-electron chi connectivity index (χ1n) is 5.42. The van der Waals surface area contributed by atoms with E-state index >= 15 is 0 Å². The molecular formula is C13H7BrFN2O3-. The lowest BCUT2D eigenvalue weighted by molar-refractivity contribution is -0.385. The Kier molecular flexibility index (Phi) is 4.09.